The van der Waals surface area contributed by atoms with Gasteiger partial charge in [-0.3, -0.25) is 9.69 Å². The number of hydrogen-bond donors (Lipinski definition) is 1. The number of amides is 1. The van der Waals surface area contributed by atoms with Crippen LogP contribution in [0.5, 0.6) is 0 Å². The van der Waals surface area contributed by atoms with Gasteiger partial charge in [-0.25, -0.2) is 4.98 Å². The van der Waals surface area contributed by atoms with E-state index < -0.39 is 0 Å². The van der Waals surface area contributed by atoms with Gasteiger partial charge < -0.3 is 9.73 Å². The lowest BCUT2D eigenvalue weighted by atomic mass is 9.87. The molecule has 5 nitrogen and oxygen atoms in total. The van der Waals surface area contributed by atoms with Crippen LogP contribution in [-0.4, -0.2) is 27.9 Å². The van der Waals surface area contributed by atoms with Crippen molar-refractivity contribution in [1.29, 1.82) is 0 Å². The zero-order valence-electron chi connectivity index (χ0n) is 17.1. The molecular formula is C22H31N3O2. The van der Waals surface area contributed by atoms with Crippen molar-refractivity contribution in [3.63, 3.8) is 0 Å². The fourth-order valence-corrected chi connectivity index (χ4v) is 3.10. The molecule has 27 heavy (non-hydrogen) atoms. The lowest BCUT2D eigenvalue weighted by Crippen LogP contribution is -2.30. The number of carbonyl (C=O) groups is 1. The van der Waals surface area contributed by atoms with E-state index in [1.54, 1.807) is 0 Å². The molecule has 1 N–H and O–H groups in total. The second-order valence-corrected chi connectivity index (χ2v) is 8.84. The van der Waals surface area contributed by atoms with E-state index in [2.05, 4.69) is 60.2 Å². The average molecular weight is 370 g/mol. The first kappa shape index (κ1) is 19.6. The molecule has 0 radical (unpaired) electrons. The lowest BCUT2D eigenvalue weighted by Gasteiger charge is -2.22. The number of hydrogen-bond acceptors (Lipinski definition) is 4. The van der Waals surface area contributed by atoms with Crippen molar-refractivity contribution in [1.82, 2.24) is 15.2 Å². The molecule has 0 bridgehead atoms. The summed E-state index contributed by atoms with van der Waals surface area (Å²) in [5, 5.41) is 2.84. The molecule has 3 rings (SSSR count). The number of nitrogens with one attached hydrogen (secondary N) is 1. The Morgan fingerprint density at radius 3 is 2.44 bits per heavy atom. The maximum Gasteiger partial charge on any atom is 0.273 e. The molecule has 0 spiro atoms. The first-order chi connectivity index (χ1) is 12.7. The molecule has 0 saturated heterocycles. The Kier molecular flexibility index (Phi) is 5.70. The summed E-state index contributed by atoms with van der Waals surface area (Å²) in [6, 6.07) is 9.53. The third-order valence-electron chi connectivity index (χ3n) is 4.81. The van der Waals surface area contributed by atoms with Crippen LogP contribution in [0.25, 0.3) is 0 Å². The van der Waals surface area contributed by atoms with E-state index in [0.29, 0.717) is 24.2 Å². The Morgan fingerprint density at radius 1 is 1.22 bits per heavy atom. The molecule has 1 heterocycles. The van der Waals surface area contributed by atoms with Crippen LogP contribution in [0.15, 0.2) is 34.9 Å². The number of benzene rings is 1. The Morgan fingerprint density at radius 2 is 1.89 bits per heavy atom. The van der Waals surface area contributed by atoms with Crippen LogP contribution in [-0.2, 0) is 18.5 Å². The van der Waals surface area contributed by atoms with Gasteiger partial charge in [0, 0.05) is 18.6 Å². The van der Waals surface area contributed by atoms with E-state index in [9.17, 15) is 4.79 Å². The third-order valence-corrected chi connectivity index (χ3v) is 4.81. The summed E-state index contributed by atoms with van der Waals surface area (Å²) in [5.41, 5.74) is 3.15. The molecule has 0 atom stereocenters. The average Bonchev–Trinajstić information content (AvgIpc) is 3.32. The number of carbonyl (C=O) groups excluding carboxylic acids is 1. The largest absolute Gasteiger partial charge is 0.447 e. The monoisotopic (exact) mass is 369 g/mol. The van der Waals surface area contributed by atoms with Gasteiger partial charge in [0.25, 0.3) is 5.91 Å². The molecule has 0 unspecified atom stereocenters. The normalized spacial score (nSPS) is 14.8. The van der Waals surface area contributed by atoms with Gasteiger partial charge in [-0.2, -0.15) is 0 Å². The molecular weight excluding hydrogens is 338 g/mol. The Bertz CT molecular complexity index is 768. The van der Waals surface area contributed by atoms with E-state index in [4.69, 9.17) is 4.42 Å². The molecule has 1 saturated carbocycles. The highest BCUT2D eigenvalue weighted by Crippen LogP contribution is 2.30. The van der Waals surface area contributed by atoms with E-state index in [1.807, 2.05) is 13.8 Å². The molecule has 1 amide bonds. The molecule has 0 aliphatic heterocycles. The van der Waals surface area contributed by atoms with Gasteiger partial charge >= 0.3 is 0 Å². The summed E-state index contributed by atoms with van der Waals surface area (Å²) < 4.78 is 5.56. The fraction of sp³-hybridized carbons (Fsp3) is 0.545. The van der Waals surface area contributed by atoms with Crippen LogP contribution < -0.4 is 5.32 Å². The minimum Gasteiger partial charge on any atom is -0.447 e. The Balaban J connectivity index is 1.65. The molecule has 146 valence electrons. The van der Waals surface area contributed by atoms with Crippen molar-refractivity contribution < 1.29 is 9.21 Å². The van der Waals surface area contributed by atoms with Crippen LogP contribution in [0.2, 0.25) is 0 Å². The highest BCUT2D eigenvalue weighted by Gasteiger charge is 2.30. The van der Waals surface area contributed by atoms with Crippen molar-refractivity contribution in [3.05, 3.63) is 53.2 Å². The SMILES string of the molecule is CC(C)NC(=O)c1coc(CN(Cc2ccc(C(C)(C)C)cc2)C2CC2)n1. The van der Waals surface area contributed by atoms with Crippen molar-refractivity contribution in [2.24, 2.45) is 0 Å². The molecule has 1 aromatic heterocycles. The maximum absolute atomic E-state index is 12.1. The minimum atomic E-state index is -0.184. The van der Waals surface area contributed by atoms with E-state index in [1.165, 1.54) is 30.2 Å². The second kappa shape index (κ2) is 7.85. The number of aromatic nitrogens is 1. The summed E-state index contributed by atoms with van der Waals surface area (Å²) >= 11 is 0. The van der Waals surface area contributed by atoms with E-state index >= 15 is 0 Å². The van der Waals surface area contributed by atoms with Crippen LogP contribution in [0.4, 0.5) is 0 Å². The molecule has 1 aliphatic rings. The van der Waals surface area contributed by atoms with Crippen LogP contribution in [0.1, 0.15) is 75.0 Å². The van der Waals surface area contributed by atoms with Crippen LogP contribution in [0, 0.1) is 0 Å². The van der Waals surface area contributed by atoms with Gasteiger partial charge in [0.15, 0.2) is 5.69 Å². The van der Waals surface area contributed by atoms with Crippen molar-refractivity contribution in [2.75, 3.05) is 0 Å². The zero-order chi connectivity index (χ0) is 19.6. The summed E-state index contributed by atoms with van der Waals surface area (Å²) in [6.07, 6.45) is 3.87. The number of oxazole rings is 1. The summed E-state index contributed by atoms with van der Waals surface area (Å²) in [5.74, 6) is 0.415. The van der Waals surface area contributed by atoms with Gasteiger partial charge in [-0.05, 0) is 43.2 Å². The number of rotatable bonds is 7. The Labute approximate surface area is 162 Å². The summed E-state index contributed by atoms with van der Waals surface area (Å²) in [4.78, 5) is 18.8. The van der Waals surface area contributed by atoms with Gasteiger partial charge in [0.1, 0.15) is 6.26 Å². The van der Waals surface area contributed by atoms with E-state index in [-0.39, 0.29) is 17.4 Å². The Hall–Kier alpha value is -2.14. The molecule has 1 aromatic carbocycles. The van der Waals surface area contributed by atoms with Crippen molar-refractivity contribution in [3.8, 4) is 0 Å². The van der Waals surface area contributed by atoms with Gasteiger partial charge in [-0.1, -0.05) is 45.0 Å². The van der Waals surface area contributed by atoms with Gasteiger partial charge in [0.05, 0.1) is 6.54 Å². The standard InChI is InChI=1S/C22H31N3O2/c1-15(2)23-21(26)19-14-27-20(24-19)13-25(18-10-11-18)12-16-6-8-17(9-7-16)22(3,4)5/h6-9,14-15,18H,10-13H2,1-5H3,(H,23,26). The van der Waals surface area contributed by atoms with Gasteiger partial charge in [-0.15, -0.1) is 0 Å². The summed E-state index contributed by atoms with van der Waals surface area (Å²) in [6.45, 7) is 12.0. The van der Waals surface area contributed by atoms with Crippen molar-refractivity contribution >= 4 is 5.91 Å². The first-order valence-electron chi connectivity index (χ1n) is 9.81. The predicted molar refractivity (Wildman–Crippen MR) is 107 cm³/mol. The van der Waals surface area contributed by atoms with Crippen LogP contribution in [0.3, 0.4) is 0 Å². The topological polar surface area (TPSA) is 58.4 Å². The van der Waals surface area contributed by atoms with Crippen molar-refractivity contribution in [2.45, 2.75) is 78.0 Å². The molecule has 1 aliphatic carbocycles. The molecule has 1 fully saturated rings. The number of nitrogens with zero attached hydrogens (tertiary/aromatic N) is 2. The summed E-state index contributed by atoms with van der Waals surface area (Å²) in [7, 11) is 0. The highest BCUT2D eigenvalue weighted by molar-refractivity contribution is 5.92. The highest BCUT2D eigenvalue weighted by atomic mass is 16.3. The fourth-order valence-electron chi connectivity index (χ4n) is 3.10. The third kappa shape index (κ3) is 5.42. The smallest absolute Gasteiger partial charge is 0.273 e. The molecule has 5 heteroatoms. The van der Waals surface area contributed by atoms with E-state index in [0.717, 1.165) is 6.54 Å². The zero-order valence-corrected chi connectivity index (χ0v) is 17.1. The quantitative estimate of drug-likeness (QED) is 0.792. The minimum absolute atomic E-state index is 0.0803. The van der Waals surface area contributed by atoms with Crippen LogP contribution >= 0.6 is 0 Å². The van der Waals surface area contributed by atoms with Gasteiger partial charge in [0.2, 0.25) is 5.89 Å². The maximum atomic E-state index is 12.1. The second-order valence-electron chi connectivity index (χ2n) is 8.84. The first-order valence-corrected chi connectivity index (χ1v) is 9.81. The predicted octanol–water partition coefficient (Wildman–Crippen LogP) is 4.27. The lowest BCUT2D eigenvalue weighted by molar-refractivity contribution is 0.0938. The molecule has 2 aromatic rings.